The number of para-hydroxylation sites is 1. The Morgan fingerprint density at radius 3 is 2.87 bits per heavy atom. The number of hydrazone groups is 1. The van der Waals surface area contributed by atoms with E-state index in [4.69, 9.17) is 4.52 Å². The quantitative estimate of drug-likeness (QED) is 0.465. The van der Waals surface area contributed by atoms with Crippen molar-refractivity contribution in [1.29, 1.82) is 0 Å². The van der Waals surface area contributed by atoms with Gasteiger partial charge in [0.15, 0.2) is 0 Å². The van der Waals surface area contributed by atoms with Crippen LogP contribution < -0.4 is 15.6 Å². The number of aromatic nitrogens is 1. The SMILES string of the molecule is Cc1cc(NC(=O)NN=CCN2c3ccccc3Sc3cc4c(cc32)CCC4)on1. The normalized spacial score (nSPS) is 14.4. The summed E-state index contributed by atoms with van der Waals surface area (Å²) in [5.41, 5.74) is 8.43. The van der Waals surface area contributed by atoms with Gasteiger partial charge in [0.25, 0.3) is 0 Å². The number of carbonyl (C=O) groups excluding carboxylic acids is 1. The van der Waals surface area contributed by atoms with Crippen LogP contribution in [0.5, 0.6) is 0 Å². The van der Waals surface area contributed by atoms with E-state index in [1.165, 1.54) is 33.0 Å². The van der Waals surface area contributed by atoms with Crippen molar-refractivity contribution in [1.82, 2.24) is 10.6 Å². The summed E-state index contributed by atoms with van der Waals surface area (Å²) < 4.78 is 4.97. The molecule has 0 bridgehead atoms. The first-order valence-corrected chi connectivity index (χ1v) is 10.7. The van der Waals surface area contributed by atoms with Gasteiger partial charge in [-0.15, -0.1) is 0 Å². The highest BCUT2D eigenvalue weighted by molar-refractivity contribution is 7.99. The van der Waals surface area contributed by atoms with Crippen molar-refractivity contribution in [2.75, 3.05) is 16.8 Å². The molecule has 2 aliphatic rings. The number of hydrogen-bond acceptors (Lipinski definition) is 6. The van der Waals surface area contributed by atoms with E-state index in [1.54, 1.807) is 19.2 Å². The fourth-order valence-corrected chi connectivity index (χ4v) is 5.02. The zero-order valence-corrected chi connectivity index (χ0v) is 17.3. The number of nitrogens with zero attached hydrogens (tertiary/aromatic N) is 3. The average Bonchev–Trinajstić information content (AvgIpc) is 3.37. The molecule has 0 fully saturated rings. The highest BCUT2D eigenvalue weighted by Crippen LogP contribution is 2.49. The van der Waals surface area contributed by atoms with E-state index in [0.717, 1.165) is 18.5 Å². The molecule has 0 saturated heterocycles. The van der Waals surface area contributed by atoms with Crippen molar-refractivity contribution < 1.29 is 9.32 Å². The summed E-state index contributed by atoms with van der Waals surface area (Å²) in [6.07, 6.45) is 5.23. The molecule has 3 aromatic rings. The fourth-order valence-electron chi connectivity index (χ4n) is 3.88. The number of rotatable bonds is 4. The highest BCUT2D eigenvalue weighted by atomic mass is 32.2. The zero-order chi connectivity index (χ0) is 20.5. The lowest BCUT2D eigenvalue weighted by Crippen LogP contribution is -2.26. The number of nitrogens with one attached hydrogen (secondary N) is 2. The predicted octanol–water partition coefficient (Wildman–Crippen LogP) is 4.88. The second-order valence-corrected chi connectivity index (χ2v) is 8.42. The monoisotopic (exact) mass is 419 g/mol. The third-order valence-electron chi connectivity index (χ3n) is 5.23. The van der Waals surface area contributed by atoms with Gasteiger partial charge in [-0.25, -0.2) is 10.2 Å². The van der Waals surface area contributed by atoms with Gasteiger partial charge in [0.1, 0.15) is 0 Å². The average molecular weight is 420 g/mol. The Morgan fingerprint density at radius 1 is 1.20 bits per heavy atom. The number of anilines is 3. The number of hydrogen-bond donors (Lipinski definition) is 2. The van der Waals surface area contributed by atoms with Crippen molar-refractivity contribution >= 4 is 41.3 Å². The predicted molar refractivity (Wildman–Crippen MR) is 118 cm³/mol. The molecule has 7 nitrogen and oxygen atoms in total. The van der Waals surface area contributed by atoms with Gasteiger partial charge in [0.2, 0.25) is 5.88 Å². The standard InChI is InChI=1S/C22H21N5O2S/c1-14-11-21(29-26-14)24-22(28)25-23-9-10-27-17-7-2-3-8-19(17)30-20-13-16-6-4-5-15(16)12-18(20)27/h2-3,7-9,11-13H,4-6,10H2,1H3,(H2,24,25,28). The molecule has 1 aliphatic heterocycles. The number of benzene rings is 2. The minimum absolute atomic E-state index is 0.282. The van der Waals surface area contributed by atoms with Crippen LogP contribution in [0.2, 0.25) is 0 Å². The highest BCUT2D eigenvalue weighted by Gasteiger charge is 2.25. The Morgan fingerprint density at radius 2 is 2.03 bits per heavy atom. The Kier molecular flexibility index (Phi) is 4.92. The third-order valence-corrected chi connectivity index (χ3v) is 6.34. The molecule has 152 valence electrons. The number of urea groups is 1. The van der Waals surface area contributed by atoms with Crippen LogP contribution in [0.15, 0.2) is 61.9 Å². The minimum atomic E-state index is -0.477. The van der Waals surface area contributed by atoms with Crippen molar-refractivity contribution in [3.8, 4) is 0 Å². The van der Waals surface area contributed by atoms with E-state index in [1.807, 2.05) is 17.8 Å². The molecule has 1 aromatic heterocycles. The summed E-state index contributed by atoms with van der Waals surface area (Å²) in [4.78, 5) is 16.7. The molecule has 8 heteroatoms. The smallest absolute Gasteiger partial charge is 0.338 e. The molecule has 0 atom stereocenters. The van der Waals surface area contributed by atoms with Gasteiger partial charge in [-0.1, -0.05) is 29.1 Å². The first-order chi connectivity index (χ1) is 14.7. The van der Waals surface area contributed by atoms with Gasteiger partial charge in [-0.05, 0) is 61.6 Å². The Bertz CT molecular complexity index is 1140. The van der Waals surface area contributed by atoms with Crippen LogP contribution in [0.1, 0.15) is 23.2 Å². The Hall–Kier alpha value is -3.26. The summed E-state index contributed by atoms with van der Waals surface area (Å²) in [6.45, 7) is 2.33. The second-order valence-electron chi connectivity index (χ2n) is 7.33. The number of aryl methyl sites for hydroxylation is 3. The number of carbonyl (C=O) groups is 1. The van der Waals surface area contributed by atoms with Gasteiger partial charge in [0, 0.05) is 22.1 Å². The Labute approximate surface area is 178 Å². The van der Waals surface area contributed by atoms with E-state index in [2.05, 4.69) is 56.2 Å². The maximum absolute atomic E-state index is 12.0. The molecule has 0 unspecified atom stereocenters. The van der Waals surface area contributed by atoms with Gasteiger partial charge >= 0.3 is 6.03 Å². The van der Waals surface area contributed by atoms with Crippen LogP contribution >= 0.6 is 11.8 Å². The van der Waals surface area contributed by atoms with Gasteiger partial charge in [-0.2, -0.15) is 5.10 Å². The molecule has 30 heavy (non-hydrogen) atoms. The van der Waals surface area contributed by atoms with E-state index in [0.29, 0.717) is 12.2 Å². The second kappa shape index (κ2) is 7.87. The lowest BCUT2D eigenvalue weighted by Gasteiger charge is -2.32. The molecule has 0 radical (unpaired) electrons. The van der Waals surface area contributed by atoms with Crippen molar-refractivity contribution in [2.45, 2.75) is 36.0 Å². The molecule has 0 saturated carbocycles. The summed E-state index contributed by atoms with van der Waals surface area (Å²) in [5.74, 6) is 0.282. The molecule has 2 aromatic carbocycles. The summed E-state index contributed by atoms with van der Waals surface area (Å²) >= 11 is 1.82. The first-order valence-electron chi connectivity index (χ1n) is 9.89. The molecular weight excluding hydrogens is 398 g/mol. The van der Waals surface area contributed by atoms with Crippen LogP contribution in [0, 0.1) is 6.92 Å². The zero-order valence-electron chi connectivity index (χ0n) is 16.5. The molecule has 0 spiro atoms. The Balaban J connectivity index is 1.32. The van der Waals surface area contributed by atoms with E-state index in [9.17, 15) is 4.79 Å². The maximum atomic E-state index is 12.0. The van der Waals surface area contributed by atoms with Gasteiger partial charge in [-0.3, -0.25) is 5.32 Å². The van der Waals surface area contributed by atoms with E-state index in [-0.39, 0.29) is 5.88 Å². The first kappa shape index (κ1) is 18.7. The molecule has 1 aliphatic carbocycles. The van der Waals surface area contributed by atoms with Crippen LogP contribution in [0.3, 0.4) is 0 Å². The maximum Gasteiger partial charge on any atom is 0.342 e. The molecule has 2 heterocycles. The summed E-state index contributed by atoms with van der Waals surface area (Å²) in [7, 11) is 0. The lowest BCUT2D eigenvalue weighted by atomic mass is 10.1. The third kappa shape index (κ3) is 3.66. The number of fused-ring (bicyclic) bond motifs is 3. The fraction of sp³-hybridized carbons (Fsp3) is 0.227. The van der Waals surface area contributed by atoms with Crippen molar-refractivity contribution in [2.24, 2.45) is 5.10 Å². The van der Waals surface area contributed by atoms with Gasteiger partial charge < -0.3 is 9.42 Å². The largest absolute Gasteiger partial charge is 0.342 e. The molecule has 2 amide bonds. The van der Waals surface area contributed by atoms with Crippen LogP contribution in [0.4, 0.5) is 22.1 Å². The van der Waals surface area contributed by atoms with E-state index < -0.39 is 6.03 Å². The lowest BCUT2D eigenvalue weighted by molar-refractivity contribution is 0.251. The van der Waals surface area contributed by atoms with Crippen molar-refractivity contribution in [3.05, 3.63) is 59.3 Å². The topological polar surface area (TPSA) is 82.8 Å². The van der Waals surface area contributed by atoms with Crippen LogP contribution in [0.25, 0.3) is 0 Å². The minimum Gasteiger partial charge on any atom is -0.338 e. The number of amides is 2. The summed E-state index contributed by atoms with van der Waals surface area (Å²) in [6, 6.07) is 14.2. The molecule has 5 rings (SSSR count). The molecular formula is C22H21N5O2S. The van der Waals surface area contributed by atoms with E-state index >= 15 is 0 Å². The van der Waals surface area contributed by atoms with Gasteiger partial charge in [0.05, 0.1) is 23.6 Å². The van der Waals surface area contributed by atoms with Crippen LogP contribution in [-0.2, 0) is 12.8 Å². The molecule has 2 N–H and O–H groups in total. The summed E-state index contributed by atoms with van der Waals surface area (Å²) in [5, 5.41) is 10.4. The van der Waals surface area contributed by atoms with Crippen molar-refractivity contribution in [3.63, 3.8) is 0 Å². The van der Waals surface area contributed by atoms with Crippen LogP contribution in [-0.4, -0.2) is 23.9 Å².